The van der Waals surface area contributed by atoms with Crippen molar-refractivity contribution >= 4 is 0 Å². The molecular weight excluding hydrogens is 372 g/mol. The molecule has 1 saturated heterocycles. The minimum atomic E-state index is 0.252. The van der Waals surface area contributed by atoms with Crippen molar-refractivity contribution in [3.8, 4) is 28.7 Å². The molecule has 0 amide bonds. The first-order valence-electron chi connectivity index (χ1n) is 9.83. The van der Waals surface area contributed by atoms with Crippen LogP contribution in [0.25, 0.3) is 0 Å². The average Bonchev–Trinajstić information content (AvgIpc) is 3.23. The Kier molecular flexibility index (Phi) is 5.97. The maximum Gasteiger partial charge on any atom is 0.231 e. The van der Waals surface area contributed by atoms with Gasteiger partial charge in [-0.2, -0.15) is 0 Å². The first kappa shape index (κ1) is 19.7. The fraction of sp³-hybridized carbons (Fsp3) is 0.455. The number of hydrogen-bond donors (Lipinski definition) is 0. The normalized spacial score (nSPS) is 16.7. The van der Waals surface area contributed by atoms with E-state index in [1.165, 1.54) is 5.56 Å². The van der Waals surface area contributed by atoms with Crippen molar-refractivity contribution < 1.29 is 23.7 Å². The molecule has 2 aliphatic rings. The number of methoxy groups -OCH3 is 3. The number of fused-ring (bicyclic) bond motifs is 1. The summed E-state index contributed by atoms with van der Waals surface area (Å²) in [5.74, 6) is 3.81. The number of ether oxygens (including phenoxy) is 5. The molecule has 156 valence electrons. The van der Waals surface area contributed by atoms with Crippen LogP contribution in [-0.4, -0.2) is 64.1 Å². The third-order valence-electron chi connectivity index (χ3n) is 5.47. The van der Waals surface area contributed by atoms with Crippen LogP contribution in [0.3, 0.4) is 0 Å². The number of piperazine rings is 1. The molecule has 0 saturated carbocycles. The van der Waals surface area contributed by atoms with E-state index in [0.717, 1.165) is 67.8 Å². The van der Waals surface area contributed by atoms with Gasteiger partial charge >= 0.3 is 0 Å². The Labute approximate surface area is 171 Å². The quantitative estimate of drug-likeness (QED) is 0.708. The molecule has 0 radical (unpaired) electrons. The van der Waals surface area contributed by atoms with Crippen molar-refractivity contribution in [2.24, 2.45) is 0 Å². The third kappa shape index (κ3) is 4.21. The Bertz CT molecular complexity index is 849. The molecule has 2 aromatic carbocycles. The van der Waals surface area contributed by atoms with Gasteiger partial charge in [0.25, 0.3) is 0 Å². The Balaban J connectivity index is 1.36. The molecule has 1 fully saturated rings. The van der Waals surface area contributed by atoms with Gasteiger partial charge in [-0.15, -0.1) is 0 Å². The van der Waals surface area contributed by atoms with Crippen LogP contribution in [-0.2, 0) is 13.1 Å². The van der Waals surface area contributed by atoms with Gasteiger partial charge in [-0.05, 0) is 23.8 Å². The minimum Gasteiger partial charge on any atom is -0.493 e. The van der Waals surface area contributed by atoms with E-state index < -0.39 is 0 Å². The van der Waals surface area contributed by atoms with Crippen molar-refractivity contribution in [2.75, 3.05) is 54.3 Å². The summed E-state index contributed by atoms with van der Waals surface area (Å²) < 4.78 is 27.5. The van der Waals surface area contributed by atoms with E-state index in [1.54, 1.807) is 21.3 Å². The van der Waals surface area contributed by atoms with Crippen molar-refractivity contribution in [1.82, 2.24) is 9.80 Å². The molecule has 0 bridgehead atoms. The molecule has 2 aromatic rings. The number of para-hydroxylation sites is 1. The van der Waals surface area contributed by atoms with E-state index in [1.807, 2.05) is 18.2 Å². The maximum absolute atomic E-state index is 5.57. The fourth-order valence-electron chi connectivity index (χ4n) is 3.96. The second-order valence-electron chi connectivity index (χ2n) is 7.24. The monoisotopic (exact) mass is 400 g/mol. The van der Waals surface area contributed by atoms with Crippen LogP contribution < -0.4 is 23.7 Å². The molecule has 0 spiro atoms. The molecule has 2 heterocycles. The summed E-state index contributed by atoms with van der Waals surface area (Å²) in [7, 11) is 5.02. The highest BCUT2D eigenvalue weighted by Crippen LogP contribution is 2.42. The maximum atomic E-state index is 5.57. The average molecular weight is 400 g/mol. The lowest BCUT2D eigenvalue weighted by atomic mass is 10.1. The largest absolute Gasteiger partial charge is 0.493 e. The van der Waals surface area contributed by atoms with Gasteiger partial charge in [-0.1, -0.05) is 12.1 Å². The number of nitrogens with zero attached hydrogens (tertiary/aromatic N) is 2. The predicted molar refractivity (Wildman–Crippen MR) is 109 cm³/mol. The molecule has 0 unspecified atom stereocenters. The summed E-state index contributed by atoms with van der Waals surface area (Å²) in [6.07, 6.45) is 0. The molecule has 2 aliphatic heterocycles. The number of rotatable bonds is 7. The molecule has 7 heteroatoms. The lowest BCUT2D eigenvalue weighted by Gasteiger charge is -2.35. The first-order chi connectivity index (χ1) is 14.2. The van der Waals surface area contributed by atoms with Gasteiger partial charge in [0.2, 0.25) is 12.5 Å². The third-order valence-corrected chi connectivity index (χ3v) is 5.47. The van der Waals surface area contributed by atoms with Crippen LogP contribution in [0.1, 0.15) is 11.1 Å². The SMILES string of the molecule is COc1cccc(CN2CCN(Cc3cc(OC)c4c(c3)OCO4)CC2)c1OC. The highest BCUT2D eigenvalue weighted by molar-refractivity contribution is 5.55. The van der Waals surface area contributed by atoms with Crippen molar-refractivity contribution in [3.05, 3.63) is 41.5 Å². The van der Waals surface area contributed by atoms with Gasteiger partial charge in [0.05, 0.1) is 21.3 Å². The van der Waals surface area contributed by atoms with Crippen LogP contribution in [0.5, 0.6) is 28.7 Å². The molecule has 4 rings (SSSR count). The smallest absolute Gasteiger partial charge is 0.231 e. The van der Waals surface area contributed by atoms with E-state index in [4.69, 9.17) is 23.7 Å². The van der Waals surface area contributed by atoms with Crippen LogP contribution in [0.4, 0.5) is 0 Å². The van der Waals surface area contributed by atoms with Crippen molar-refractivity contribution in [3.63, 3.8) is 0 Å². The minimum absolute atomic E-state index is 0.252. The number of hydrogen-bond acceptors (Lipinski definition) is 7. The second kappa shape index (κ2) is 8.80. The molecule has 7 nitrogen and oxygen atoms in total. The zero-order valence-electron chi connectivity index (χ0n) is 17.3. The van der Waals surface area contributed by atoms with E-state index in [2.05, 4.69) is 21.9 Å². The molecule has 29 heavy (non-hydrogen) atoms. The zero-order chi connectivity index (χ0) is 20.2. The highest BCUT2D eigenvalue weighted by Gasteiger charge is 2.23. The summed E-state index contributed by atoms with van der Waals surface area (Å²) in [6.45, 7) is 5.98. The van der Waals surface area contributed by atoms with E-state index in [-0.39, 0.29) is 6.79 Å². The second-order valence-corrected chi connectivity index (χ2v) is 7.24. The van der Waals surface area contributed by atoms with E-state index in [0.29, 0.717) is 5.75 Å². The van der Waals surface area contributed by atoms with Crippen LogP contribution >= 0.6 is 0 Å². The van der Waals surface area contributed by atoms with Gasteiger partial charge in [-0.25, -0.2) is 0 Å². The Morgan fingerprint density at radius 2 is 1.55 bits per heavy atom. The molecular formula is C22H28N2O5. The van der Waals surface area contributed by atoms with Crippen LogP contribution in [0.15, 0.2) is 30.3 Å². The zero-order valence-corrected chi connectivity index (χ0v) is 17.3. The molecule has 0 N–H and O–H groups in total. The molecule has 0 atom stereocenters. The lowest BCUT2D eigenvalue weighted by molar-refractivity contribution is 0.121. The highest BCUT2D eigenvalue weighted by atomic mass is 16.7. The Morgan fingerprint density at radius 1 is 0.828 bits per heavy atom. The molecule has 0 aliphatic carbocycles. The summed E-state index contributed by atoms with van der Waals surface area (Å²) in [5, 5.41) is 0. The number of benzene rings is 2. The van der Waals surface area contributed by atoms with Crippen LogP contribution in [0.2, 0.25) is 0 Å². The van der Waals surface area contributed by atoms with Crippen molar-refractivity contribution in [1.29, 1.82) is 0 Å². The fourth-order valence-corrected chi connectivity index (χ4v) is 3.96. The van der Waals surface area contributed by atoms with Crippen molar-refractivity contribution in [2.45, 2.75) is 13.1 Å². The van der Waals surface area contributed by atoms with E-state index >= 15 is 0 Å². The lowest BCUT2D eigenvalue weighted by Crippen LogP contribution is -2.45. The van der Waals surface area contributed by atoms with Gasteiger partial charge in [0.15, 0.2) is 23.0 Å². The van der Waals surface area contributed by atoms with Gasteiger partial charge in [-0.3, -0.25) is 9.80 Å². The summed E-state index contributed by atoms with van der Waals surface area (Å²) >= 11 is 0. The summed E-state index contributed by atoms with van der Waals surface area (Å²) in [4.78, 5) is 4.91. The molecule has 0 aromatic heterocycles. The van der Waals surface area contributed by atoms with Gasteiger partial charge in [0.1, 0.15) is 0 Å². The van der Waals surface area contributed by atoms with Gasteiger partial charge in [0, 0.05) is 44.8 Å². The first-order valence-corrected chi connectivity index (χ1v) is 9.83. The summed E-state index contributed by atoms with van der Waals surface area (Å²) in [6, 6.07) is 10.1. The standard InChI is InChI=1S/C22H28N2O5/c1-25-18-6-4-5-17(21(18)27-3)14-24-9-7-23(8-10-24)13-16-11-19(26-2)22-20(12-16)28-15-29-22/h4-6,11-12H,7-10,13-15H2,1-3H3. The Morgan fingerprint density at radius 3 is 2.24 bits per heavy atom. The topological polar surface area (TPSA) is 52.6 Å². The predicted octanol–water partition coefficient (Wildman–Crippen LogP) is 2.76. The van der Waals surface area contributed by atoms with Gasteiger partial charge < -0.3 is 23.7 Å². The Hall–Kier alpha value is -2.64. The van der Waals surface area contributed by atoms with Crippen LogP contribution in [0, 0.1) is 0 Å². The van der Waals surface area contributed by atoms with E-state index in [9.17, 15) is 0 Å². The summed E-state index contributed by atoms with van der Waals surface area (Å²) in [5.41, 5.74) is 2.33.